The molecule has 10 nitrogen and oxygen atoms in total. The predicted molar refractivity (Wildman–Crippen MR) is 174 cm³/mol. The van der Waals surface area contributed by atoms with Gasteiger partial charge in [0.2, 0.25) is 0 Å². The van der Waals surface area contributed by atoms with Crippen molar-refractivity contribution in [1.29, 1.82) is 0 Å². The fourth-order valence-electron chi connectivity index (χ4n) is 5.56. The molecule has 3 heterocycles. The molecule has 5 aromatic rings. The first kappa shape index (κ1) is 30.5. The third-order valence-electron chi connectivity index (χ3n) is 7.79. The maximum Gasteiger partial charge on any atom is 0.338 e. The molecule has 46 heavy (non-hydrogen) atoms. The summed E-state index contributed by atoms with van der Waals surface area (Å²) in [4.78, 5) is 44.2. The maximum absolute atomic E-state index is 14.2. The fraction of sp³-hybridized carbons (Fsp3) is 0.171. The van der Waals surface area contributed by atoms with E-state index < -0.39 is 16.9 Å². The van der Waals surface area contributed by atoms with E-state index in [1.165, 1.54) is 22.0 Å². The summed E-state index contributed by atoms with van der Waals surface area (Å²) in [6.45, 7) is 5.45. The number of fused-ring (bicyclic) bond motifs is 1. The number of ether oxygens (including phenoxy) is 2. The number of methoxy groups -OCH3 is 1. The molecule has 3 aromatic carbocycles. The Labute approximate surface area is 267 Å². The van der Waals surface area contributed by atoms with Gasteiger partial charge in [-0.3, -0.25) is 19.5 Å². The Morgan fingerprint density at radius 1 is 1.09 bits per heavy atom. The number of aryl methyl sites for hydroxylation is 1. The summed E-state index contributed by atoms with van der Waals surface area (Å²) in [7, 11) is 1.57. The average molecular weight is 636 g/mol. The van der Waals surface area contributed by atoms with Crippen molar-refractivity contribution in [2.75, 3.05) is 13.7 Å². The molecule has 0 saturated heterocycles. The summed E-state index contributed by atoms with van der Waals surface area (Å²) in [6.07, 6.45) is 1.61. The first-order valence-electron chi connectivity index (χ1n) is 14.5. The van der Waals surface area contributed by atoms with E-state index in [-0.39, 0.29) is 23.4 Å². The molecule has 1 atom stereocenters. The third kappa shape index (κ3) is 5.45. The number of hydrogen-bond acceptors (Lipinski definition) is 9. The van der Waals surface area contributed by atoms with Crippen molar-refractivity contribution in [2.24, 2.45) is 4.99 Å². The van der Waals surface area contributed by atoms with E-state index >= 15 is 0 Å². The number of hydrogen-bond donors (Lipinski definition) is 0. The number of nitro benzene ring substituents is 1. The van der Waals surface area contributed by atoms with Crippen molar-refractivity contribution in [3.63, 3.8) is 0 Å². The summed E-state index contributed by atoms with van der Waals surface area (Å²) in [6, 6.07) is 22.2. The Morgan fingerprint density at radius 3 is 2.59 bits per heavy atom. The average Bonchev–Trinajstić information content (AvgIpc) is 3.64. The molecule has 6 rings (SSSR count). The van der Waals surface area contributed by atoms with Crippen molar-refractivity contribution >= 4 is 34.8 Å². The molecular formula is C35H29N3O7S. The lowest BCUT2D eigenvalue weighted by molar-refractivity contribution is -0.385. The SMILES string of the molecule is CCOC(=O)C1=C(c2ccccc2)N=c2s/c(=C/c3ccc(-c4cccc([N+](=O)[O-])c4C)o3)c(=O)n2[C@@H]1c1ccc(C)c(OC)c1. The van der Waals surface area contributed by atoms with Gasteiger partial charge in [-0.15, -0.1) is 0 Å². The van der Waals surface area contributed by atoms with Crippen LogP contribution in [0.4, 0.5) is 5.69 Å². The molecule has 0 saturated carbocycles. The highest BCUT2D eigenvalue weighted by atomic mass is 32.1. The van der Waals surface area contributed by atoms with E-state index in [1.807, 2.05) is 55.5 Å². The number of aromatic nitrogens is 1. The molecule has 0 amide bonds. The Morgan fingerprint density at radius 2 is 1.87 bits per heavy atom. The van der Waals surface area contributed by atoms with Crippen LogP contribution in [0.3, 0.4) is 0 Å². The van der Waals surface area contributed by atoms with Crippen LogP contribution in [0.5, 0.6) is 5.75 Å². The quantitative estimate of drug-likeness (QED) is 0.121. The van der Waals surface area contributed by atoms with Gasteiger partial charge >= 0.3 is 5.97 Å². The molecule has 0 N–H and O–H groups in total. The summed E-state index contributed by atoms with van der Waals surface area (Å²) >= 11 is 1.17. The predicted octanol–water partition coefficient (Wildman–Crippen LogP) is 5.73. The van der Waals surface area contributed by atoms with Gasteiger partial charge in [0.15, 0.2) is 4.80 Å². The van der Waals surface area contributed by atoms with Gasteiger partial charge in [-0.05, 0) is 50.1 Å². The Kier molecular flexibility index (Phi) is 8.25. The first-order chi connectivity index (χ1) is 22.2. The molecule has 232 valence electrons. The van der Waals surface area contributed by atoms with Crippen molar-refractivity contribution in [2.45, 2.75) is 26.8 Å². The lowest BCUT2D eigenvalue weighted by Gasteiger charge is -2.26. The smallest absolute Gasteiger partial charge is 0.338 e. The van der Waals surface area contributed by atoms with Gasteiger partial charge in [-0.1, -0.05) is 65.9 Å². The van der Waals surface area contributed by atoms with Crippen molar-refractivity contribution < 1.29 is 23.6 Å². The minimum Gasteiger partial charge on any atom is -0.496 e. The minimum atomic E-state index is -0.859. The Bertz CT molecular complexity index is 2210. The van der Waals surface area contributed by atoms with Gasteiger partial charge in [0.05, 0.1) is 40.5 Å². The maximum atomic E-state index is 14.2. The summed E-state index contributed by atoms with van der Waals surface area (Å²) < 4.78 is 19.0. The standard InChI is InChI=1S/C35H29N3O7S/c1-5-44-34(40)30-31(22-10-7-6-8-11-22)36-35-37(32(30)23-15-14-20(2)28(18-23)43-4)33(39)29(46-35)19-24-16-17-27(45-24)25-12-9-13-26(21(25)3)38(41)42/h6-19,32H,5H2,1-4H3/b29-19+/t32-/m1/s1. The normalized spacial score (nSPS) is 14.5. The highest BCUT2D eigenvalue weighted by Gasteiger charge is 2.35. The number of thiazole rings is 1. The highest BCUT2D eigenvalue weighted by Crippen LogP contribution is 2.37. The summed E-state index contributed by atoms with van der Waals surface area (Å²) in [5.74, 6) is 0.848. The topological polar surface area (TPSA) is 126 Å². The first-order valence-corrected chi connectivity index (χ1v) is 15.3. The lowest BCUT2D eigenvalue weighted by atomic mass is 9.92. The second-order valence-corrected chi connectivity index (χ2v) is 11.6. The van der Waals surface area contributed by atoms with Crippen LogP contribution in [0.25, 0.3) is 23.1 Å². The van der Waals surface area contributed by atoms with Gasteiger partial charge in [-0.25, -0.2) is 9.79 Å². The fourth-order valence-corrected chi connectivity index (χ4v) is 6.54. The minimum absolute atomic E-state index is 0.0110. The molecule has 0 radical (unpaired) electrons. The highest BCUT2D eigenvalue weighted by molar-refractivity contribution is 7.07. The van der Waals surface area contributed by atoms with E-state index in [2.05, 4.69) is 0 Å². The zero-order chi connectivity index (χ0) is 32.5. The Balaban J connectivity index is 1.56. The van der Waals surface area contributed by atoms with Crippen molar-refractivity contribution in [1.82, 2.24) is 4.57 Å². The van der Waals surface area contributed by atoms with Gasteiger partial charge < -0.3 is 13.9 Å². The number of rotatable bonds is 8. The van der Waals surface area contributed by atoms with Crippen LogP contribution in [-0.4, -0.2) is 29.2 Å². The van der Waals surface area contributed by atoms with Crippen LogP contribution in [0, 0.1) is 24.0 Å². The number of carbonyl (C=O) groups is 1. The number of nitro groups is 1. The molecule has 0 spiro atoms. The third-order valence-corrected chi connectivity index (χ3v) is 8.77. The van der Waals surface area contributed by atoms with Crippen LogP contribution >= 0.6 is 11.3 Å². The van der Waals surface area contributed by atoms with Crippen LogP contribution < -0.4 is 19.6 Å². The van der Waals surface area contributed by atoms with Crippen LogP contribution in [-0.2, 0) is 9.53 Å². The lowest BCUT2D eigenvalue weighted by Crippen LogP contribution is -2.40. The molecule has 0 aliphatic carbocycles. The van der Waals surface area contributed by atoms with Gasteiger partial charge in [0, 0.05) is 28.8 Å². The second-order valence-electron chi connectivity index (χ2n) is 10.6. The van der Waals surface area contributed by atoms with E-state index in [9.17, 15) is 19.7 Å². The molecule has 2 aromatic heterocycles. The monoisotopic (exact) mass is 635 g/mol. The molecule has 1 aliphatic heterocycles. The number of esters is 1. The zero-order valence-electron chi connectivity index (χ0n) is 25.5. The summed E-state index contributed by atoms with van der Waals surface area (Å²) in [5, 5.41) is 11.5. The van der Waals surface area contributed by atoms with Crippen LogP contribution in [0.2, 0.25) is 0 Å². The van der Waals surface area contributed by atoms with E-state index in [4.69, 9.17) is 18.9 Å². The van der Waals surface area contributed by atoms with Crippen molar-refractivity contribution in [3.8, 4) is 17.1 Å². The number of benzene rings is 3. The number of nitrogens with zero attached hydrogens (tertiary/aromatic N) is 3. The van der Waals surface area contributed by atoms with E-state index in [0.29, 0.717) is 54.6 Å². The molecule has 0 fully saturated rings. The molecule has 11 heteroatoms. The van der Waals surface area contributed by atoms with E-state index in [1.54, 1.807) is 51.3 Å². The Hall–Kier alpha value is -5.55. The van der Waals surface area contributed by atoms with Gasteiger partial charge in [0.25, 0.3) is 11.2 Å². The largest absolute Gasteiger partial charge is 0.496 e. The zero-order valence-corrected chi connectivity index (χ0v) is 26.3. The van der Waals surface area contributed by atoms with Crippen molar-refractivity contribution in [3.05, 3.63) is 142 Å². The van der Waals surface area contributed by atoms with E-state index in [0.717, 1.165) is 5.56 Å². The number of carbonyl (C=O) groups excluding carboxylic acids is 1. The summed E-state index contributed by atoms with van der Waals surface area (Å²) in [5.41, 5.74) is 3.58. The molecule has 1 aliphatic rings. The second kappa shape index (κ2) is 12.4. The van der Waals surface area contributed by atoms with Gasteiger partial charge in [0.1, 0.15) is 17.3 Å². The molecule has 0 unspecified atom stereocenters. The van der Waals surface area contributed by atoms with Crippen LogP contribution in [0.1, 0.15) is 41.0 Å². The molecule has 0 bridgehead atoms. The number of furan rings is 1. The van der Waals surface area contributed by atoms with Gasteiger partial charge in [-0.2, -0.15) is 0 Å². The molecular weight excluding hydrogens is 606 g/mol. The van der Waals surface area contributed by atoms with Crippen LogP contribution in [0.15, 0.2) is 98.6 Å².